The third-order valence-electron chi connectivity index (χ3n) is 3.45. The third kappa shape index (κ3) is 3.35. The SMILES string of the molecule is CC1COc2ccc(C(Cl)c3cccc(Br)c3)cc2OC1. The standard InChI is InChI=1S/C17H16BrClO2/c1-11-9-20-15-6-5-13(8-16(15)21-10-11)17(19)12-3-2-4-14(18)7-12/h2-8,11,17H,9-10H2,1H3. The van der Waals surface area contributed by atoms with Gasteiger partial charge in [-0.05, 0) is 35.4 Å². The normalized spacial score (nSPS) is 18.9. The van der Waals surface area contributed by atoms with E-state index in [0.717, 1.165) is 27.1 Å². The van der Waals surface area contributed by atoms with Crippen LogP contribution in [-0.4, -0.2) is 13.2 Å². The molecule has 2 nitrogen and oxygen atoms in total. The molecule has 0 aromatic heterocycles. The van der Waals surface area contributed by atoms with Gasteiger partial charge in [-0.15, -0.1) is 11.6 Å². The molecule has 0 N–H and O–H groups in total. The van der Waals surface area contributed by atoms with Crippen LogP contribution in [0.4, 0.5) is 0 Å². The topological polar surface area (TPSA) is 18.5 Å². The summed E-state index contributed by atoms with van der Waals surface area (Å²) in [6, 6.07) is 13.9. The van der Waals surface area contributed by atoms with Crippen molar-refractivity contribution in [1.82, 2.24) is 0 Å². The fraction of sp³-hybridized carbons (Fsp3) is 0.294. The Morgan fingerprint density at radius 3 is 2.52 bits per heavy atom. The van der Waals surface area contributed by atoms with Crippen molar-refractivity contribution in [1.29, 1.82) is 0 Å². The lowest BCUT2D eigenvalue weighted by Gasteiger charge is -2.14. The summed E-state index contributed by atoms with van der Waals surface area (Å²) in [6.45, 7) is 3.46. The van der Waals surface area contributed by atoms with Crippen LogP contribution < -0.4 is 9.47 Å². The Hall–Kier alpha value is -1.19. The Kier molecular flexibility index (Phi) is 4.41. The van der Waals surface area contributed by atoms with E-state index in [4.69, 9.17) is 21.1 Å². The van der Waals surface area contributed by atoms with Crippen molar-refractivity contribution in [2.75, 3.05) is 13.2 Å². The van der Waals surface area contributed by atoms with E-state index in [9.17, 15) is 0 Å². The zero-order valence-electron chi connectivity index (χ0n) is 11.7. The molecule has 0 aliphatic carbocycles. The summed E-state index contributed by atoms with van der Waals surface area (Å²) in [4.78, 5) is 0. The molecule has 21 heavy (non-hydrogen) atoms. The predicted molar refractivity (Wildman–Crippen MR) is 88.4 cm³/mol. The van der Waals surface area contributed by atoms with E-state index in [2.05, 4.69) is 22.9 Å². The lowest BCUT2D eigenvalue weighted by molar-refractivity contribution is 0.228. The Bertz CT molecular complexity index is 644. The van der Waals surface area contributed by atoms with Gasteiger partial charge >= 0.3 is 0 Å². The minimum absolute atomic E-state index is 0.211. The molecule has 0 fully saturated rings. The number of alkyl halides is 1. The number of hydrogen-bond acceptors (Lipinski definition) is 2. The highest BCUT2D eigenvalue weighted by atomic mass is 79.9. The van der Waals surface area contributed by atoms with Gasteiger partial charge in [0.15, 0.2) is 11.5 Å². The van der Waals surface area contributed by atoms with E-state index in [1.54, 1.807) is 0 Å². The van der Waals surface area contributed by atoms with E-state index in [0.29, 0.717) is 19.1 Å². The summed E-state index contributed by atoms with van der Waals surface area (Å²) in [7, 11) is 0. The smallest absolute Gasteiger partial charge is 0.161 e. The molecular formula is C17H16BrClO2. The van der Waals surface area contributed by atoms with Crippen molar-refractivity contribution in [3.05, 3.63) is 58.1 Å². The number of hydrogen-bond donors (Lipinski definition) is 0. The van der Waals surface area contributed by atoms with Gasteiger partial charge in [-0.3, -0.25) is 0 Å². The first-order valence-corrected chi connectivity index (χ1v) is 8.15. The maximum atomic E-state index is 6.60. The molecule has 3 rings (SSSR count). The quantitative estimate of drug-likeness (QED) is 0.681. The van der Waals surface area contributed by atoms with Crippen LogP contribution in [0.5, 0.6) is 11.5 Å². The highest BCUT2D eigenvalue weighted by Crippen LogP contribution is 2.37. The Morgan fingerprint density at radius 1 is 1.05 bits per heavy atom. The molecule has 2 unspecified atom stereocenters. The summed E-state index contributed by atoms with van der Waals surface area (Å²) in [5.41, 5.74) is 2.06. The largest absolute Gasteiger partial charge is 0.489 e. The second-order valence-electron chi connectivity index (χ2n) is 5.35. The summed E-state index contributed by atoms with van der Waals surface area (Å²) in [6.07, 6.45) is 0. The van der Waals surface area contributed by atoms with Crippen molar-refractivity contribution in [2.45, 2.75) is 12.3 Å². The minimum Gasteiger partial charge on any atom is -0.489 e. The van der Waals surface area contributed by atoms with E-state index in [1.165, 1.54) is 0 Å². The molecule has 110 valence electrons. The molecule has 4 heteroatoms. The number of rotatable bonds is 2. The molecule has 1 aliphatic heterocycles. The van der Waals surface area contributed by atoms with Crippen LogP contribution in [0.3, 0.4) is 0 Å². The lowest BCUT2D eigenvalue weighted by Crippen LogP contribution is -2.12. The number of fused-ring (bicyclic) bond motifs is 1. The zero-order chi connectivity index (χ0) is 14.8. The average Bonchev–Trinajstić information content (AvgIpc) is 2.68. The van der Waals surface area contributed by atoms with Crippen molar-refractivity contribution >= 4 is 27.5 Å². The molecule has 2 aromatic carbocycles. The van der Waals surface area contributed by atoms with Crippen LogP contribution in [-0.2, 0) is 0 Å². The van der Waals surface area contributed by atoms with Crippen molar-refractivity contribution in [3.63, 3.8) is 0 Å². The average molecular weight is 368 g/mol. The van der Waals surface area contributed by atoms with Gasteiger partial charge in [-0.2, -0.15) is 0 Å². The highest BCUT2D eigenvalue weighted by molar-refractivity contribution is 9.10. The number of benzene rings is 2. The fourth-order valence-corrected chi connectivity index (χ4v) is 2.97. The van der Waals surface area contributed by atoms with Gasteiger partial charge in [0, 0.05) is 10.4 Å². The fourth-order valence-electron chi connectivity index (χ4n) is 2.28. The summed E-state index contributed by atoms with van der Waals surface area (Å²) in [5.74, 6) is 1.96. The third-order valence-corrected chi connectivity index (χ3v) is 4.45. The zero-order valence-corrected chi connectivity index (χ0v) is 14.0. The first kappa shape index (κ1) is 14.7. The second kappa shape index (κ2) is 6.29. The van der Waals surface area contributed by atoms with Crippen LogP contribution in [0.25, 0.3) is 0 Å². The number of halogens is 2. The first-order valence-electron chi connectivity index (χ1n) is 6.92. The molecule has 0 saturated heterocycles. The molecule has 0 saturated carbocycles. The van der Waals surface area contributed by atoms with Crippen molar-refractivity contribution in [2.24, 2.45) is 5.92 Å². The van der Waals surface area contributed by atoms with Gasteiger partial charge in [0.25, 0.3) is 0 Å². The maximum Gasteiger partial charge on any atom is 0.161 e. The number of ether oxygens (including phenoxy) is 2. The van der Waals surface area contributed by atoms with Gasteiger partial charge < -0.3 is 9.47 Å². The van der Waals surface area contributed by atoms with Crippen LogP contribution in [0.1, 0.15) is 23.4 Å². The Labute approximate surface area is 138 Å². The van der Waals surface area contributed by atoms with Crippen LogP contribution in [0.15, 0.2) is 46.9 Å². The van der Waals surface area contributed by atoms with Crippen LogP contribution in [0.2, 0.25) is 0 Å². The van der Waals surface area contributed by atoms with Crippen molar-refractivity contribution < 1.29 is 9.47 Å². The van der Waals surface area contributed by atoms with Gasteiger partial charge in [-0.25, -0.2) is 0 Å². The maximum absolute atomic E-state index is 6.60. The molecule has 1 aliphatic rings. The Balaban J connectivity index is 1.90. The minimum atomic E-state index is -0.211. The first-order chi connectivity index (χ1) is 10.1. The van der Waals surface area contributed by atoms with Crippen LogP contribution in [0, 0.1) is 5.92 Å². The molecule has 1 heterocycles. The second-order valence-corrected chi connectivity index (χ2v) is 6.70. The van der Waals surface area contributed by atoms with Gasteiger partial charge in [0.2, 0.25) is 0 Å². The molecule has 2 aromatic rings. The molecular weight excluding hydrogens is 352 g/mol. The monoisotopic (exact) mass is 366 g/mol. The Morgan fingerprint density at radius 2 is 1.76 bits per heavy atom. The van der Waals surface area contributed by atoms with Gasteiger partial charge in [-0.1, -0.05) is 41.1 Å². The van der Waals surface area contributed by atoms with Gasteiger partial charge in [0.1, 0.15) is 0 Å². The highest BCUT2D eigenvalue weighted by Gasteiger charge is 2.18. The summed E-state index contributed by atoms with van der Waals surface area (Å²) < 4.78 is 12.6. The molecule has 0 bridgehead atoms. The molecule has 0 radical (unpaired) electrons. The summed E-state index contributed by atoms with van der Waals surface area (Å²) in [5, 5.41) is -0.211. The van der Waals surface area contributed by atoms with Gasteiger partial charge in [0.05, 0.1) is 18.6 Å². The predicted octanol–water partition coefficient (Wildman–Crippen LogP) is 5.18. The molecule has 0 spiro atoms. The summed E-state index contributed by atoms with van der Waals surface area (Å²) >= 11 is 10.1. The molecule has 2 atom stereocenters. The molecule has 0 amide bonds. The van der Waals surface area contributed by atoms with E-state index in [-0.39, 0.29) is 5.38 Å². The van der Waals surface area contributed by atoms with Crippen molar-refractivity contribution in [3.8, 4) is 11.5 Å². The van der Waals surface area contributed by atoms with E-state index < -0.39 is 0 Å². The van der Waals surface area contributed by atoms with E-state index in [1.807, 2.05) is 42.5 Å². The lowest BCUT2D eigenvalue weighted by atomic mass is 10.0. The van der Waals surface area contributed by atoms with E-state index >= 15 is 0 Å². The van der Waals surface area contributed by atoms with Crippen LogP contribution >= 0.6 is 27.5 Å².